The summed E-state index contributed by atoms with van der Waals surface area (Å²) in [5, 5.41) is 17.1. The van der Waals surface area contributed by atoms with Crippen LogP contribution in [0.1, 0.15) is 12.8 Å². The molecule has 0 aliphatic rings. The molecule has 0 heterocycles. The molecule has 19 heavy (non-hydrogen) atoms. The van der Waals surface area contributed by atoms with Gasteiger partial charge < -0.3 is 21.7 Å². The summed E-state index contributed by atoms with van der Waals surface area (Å²) >= 11 is 0. The lowest BCUT2D eigenvalue weighted by molar-refractivity contribution is -0.139. The van der Waals surface area contributed by atoms with Crippen LogP contribution in [0.15, 0.2) is 0 Å². The number of nitrogens with two attached hydrogens (primary N) is 2. The first kappa shape index (κ1) is 19.6. The Kier molecular flexibility index (Phi) is 12.8. The normalized spacial score (nSPS) is 14.0. The highest BCUT2D eigenvalue weighted by atomic mass is 33.8. The molecule has 112 valence electrons. The van der Waals surface area contributed by atoms with Gasteiger partial charge in [0, 0.05) is 11.5 Å². The van der Waals surface area contributed by atoms with Crippen molar-refractivity contribution in [1.29, 1.82) is 0 Å². The van der Waals surface area contributed by atoms with E-state index in [0.717, 1.165) is 0 Å². The van der Waals surface area contributed by atoms with Crippen molar-refractivity contribution < 1.29 is 19.8 Å². The van der Waals surface area contributed by atoms with Crippen molar-refractivity contribution in [3.05, 3.63) is 0 Å². The highest BCUT2D eigenvalue weighted by Gasteiger charge is 2.11. The Morgan fingerprint density at radius 3 is 1.53 bits per heavy atom. The number of carboxylic acids is 2. The lowest BCUT2D eigenvalue weighted by atomic mass is 10.2. The lowest BCUT2D eigenvalue weighted by Crippen LogP contribution is -2.30. The zero-order valence-corrected chi connectivity index (χ0v) is 14.0. The molecular formula is C8H16N2O4S5. The van der Waals surface area contributed by atoms with E-state index in [1.807, 2.05) is 0 Å². The molecule has 0 aromatic rings. The highest BCUT2D eigenvalue weighted by Crippen LogP contribution is 2.48. The number of hydrogen-bond acceptors (Lipinski definition) is 9. The molecule has 0 aliphatic carbocycles. The van der Waals surface area contributed by atoms with E-state index in [9.17, 15) is 9.59 Å². The van der Waals surface area contributed by atoms with Gasteiger partial charge >= 0.3 is 11.9 Å². The number of carbonyl (C=O) groups is 2. The van der Waals surface area contributed by atoms with E-state index in [1.54, 1.807) is 51.1 Å². The van der Waals surface area contributed by atoms with Crippen LogP contribution in [0.25, 0.3) is 0 Å². The van der Waals surface area contributed by atoms with Crippen LogP contribution in [-0.4, -0.2) is 45.7 Å². The molecule has 0 saturated carbocycles. The zero-order valence-electron chi connectivity index (χ0n) is 9.89. The molecule has 0 amide bonds. The van der Waals surface area contributed by atoms with Gasteiger partial charge in [0.15, 0.2) is 0 Å². The topological polar surface area (TPSA) is 127 Å². The minimum Gasteiger partial charge on any atom is -0.480 e. The molecule has 0 fully saturated rings. The fourth-order valence-electron chi connectivity index (χ4n) is 0.716. The minimum atomic E-state index is -0.974. The van der Waals surface area contributed by atoms with Gasteiger partial charge in [-0.2, -0.15) is 0 Å². The molecule has 0 aromatic heterocycles. The van der Waals surface area contributed by atoms with Gasteiger partial charge in [0.2, 0.25) is 0 Å². The summed E-state index contributed by atoms with van der Waals surface area (Å²) in [6.45, 7) is 0. The van der Waals surface area contributed by atoms with Crippen LogP contribution in [0.3, 0.4) is 0 Å². The van der Waals surface area contributed by atoms with Gasteiger partial charge in [-0.3, -0.25) is 9.59 Å². The van der Waals surface area contributed by atoms with Crippen LogP contribution < -0.4 is 11.5 Å². The first-order valence-corrected chi connectivity index (χ1v) is 11.6. The first-order valence-electron chi connectivity index (χ1n) is 5.16. The van der Waals surface area contributed by atoms with Gasteiger partial charge in [0.05, 0.1) is 0 Å². The summed E-state index contributed by atoms with van der Waals surface area (Å²) in [5.41, 5.74) is 10.7. The Balaban J connectivity index is 3.24. The van der Waals surface area contributed by atoms with Crippen LogP contribution in [0.5, 0.6) is 0 Å². The fraction of sp³-hybridized carbons (Fsp3) is 0.750. The third-order valence-electron chi connectivity index (χ3n) is 1.81. The third-order valence-corrected chi connectivity index (χ3v) is 10.6. The second-order valence-corrected chi connectivity index (χ2v) is 11.3. The number of hydrogen-bond donors (Lipinski definition) is 4. The third kappa shape index (κ3) is 12.1. The van der Waals surface area contributed by atoms with Gasteiger partial charge in [-0.15, -0.1) is 0 Å². The van der Waals surface area contributed by atoms with Gasteiger partial charge in [-0.1, -0.05) is 21.6 Å². The largest absolute Gasteiger partial charge is 0.480 e. The van der Waals surface area contributed by atoms with E-state index in [-0.39, 0.29) is 0 Å². The average molecular weight is 365 g/mol. The standard InChI is InChI=1S/C8H16N2O4S5/c9-5(7(11)12)1-3-15-17-19-18-16-4-2-6(10)8(13)14/h5-6H,1-4,9-10H2,(H,11,12)(H,13,14). The Labute approximate surface area is 130 Å². The number of carboxylic acid groups (broad SMARTS) is 2. The smallest absolute Gasteiger partial charge is 0.320 e. The van der Waals surface area contributed by atoms with Crippen molar-refractivity contribution in [1.82, 2.24) is 0 Å². The van der Waals surface area contributed by atoms with Crippen LogP contribution in [0, 0.1) is 0 Å². The maximum Gasteiger partial charge on any atom is 0.320 e. The Morgan fingerprint density at radius 1 is 0.842 bits per heavy atom. The Morgan fingerprint density at radius 2 is 1.21 bits per heavy atom. The van der Waals surface area contributed by atoms with E-state index in [0.29, 0.717) is 24.3 Å². The fourth-order valence-corrected chi connectivity index (χ4v) is 9.65. The Bertz CT molecular complexity index is 258. The SMILES string of the molecule is NC(CCSSSSSCCC(N)C(=O)O)C(=O)O. The van der Waals surface area contributed by atoms with E-state index in [4.69, 9.17) is 21.7 Å². The number of aliphatic carboxylic acids is 2. The molecule has 11 heteroatoms. The molecule has 6 N–H and O–H groups in total. The second kappa shape index (κ2) is 12.4. The van der Waals surface area contributed by atoms with Crippen LogP contribution in [-0.2, 0) is 9.59 Å². The molecule has 0 aliphatic heterocycles. The summed E-state index contributed by atoms with van der Waals surface area (Å²) in [6.07, 6.45) is 0.887. The highest BCUT2D eigenvalue weighted by molar-refractivity contribution is 9.35. The van der Waals surface area contributed by atoms with Gasteiger partial charge in [0.25, 0.3) is 0 Å². The molecule has 2 atom stereocenters. The minimum absolute atomic E-state index is 0.443. The maximum atomic E-state index is 10.4. The molecule has 0 saturated heterocycles. The van der Waals surface area contributed by atoms with Crippen molar-refractivity contribution in [3.63, 3.8) is 0 Å². The van der Waals surface area contributed by atoms with Crippen LogP contribution in [0.2, 0.25) is 0 Å². The second-order valence-electron chi connectivity index (χ2n) is 3.31. The van der Waals surface area contributed by atoms with Crippen molar-refractivity contribution in [2.45, 2.75) is 24.9 Å². The Hall–Kier alpha value is 0.610. The predicted molar refractivity (Wildman–Crippen MR) is 88.1 cm³/mol. The first-order chi connectivity index (χ1) is 8.95. The van der Waals surface area contributed by atoms with Crippen molar-refractivity contribution in [3.8, 4) is 0 Å². The zero-order chi connectivity index (χ0) is 14.7. The van der Waals surface area contributed by atoms with Crippen molar-refractivity contribution >= 4 is 63.0 Å². The maximum absolute atomic E-state index is 10.4. The van der Waals surface area contributed by atoms with Crippen molar-refractivity contribution in [2.75, 3.05) is 11.5 Å². The molecule has 0 bridgehead atoms. The molecule has 0 spiro atoms. The van der Waals surface area contributed by atoms with Crippen molar-refractivity contribution in [2.24, 2.45) is 11.5 Å². The van der Waals surface area contributed by atoms with Gasteiger partial charge in [-0.05, 0) is 42.3 Å². The molecule has 6 nitrogen and oxygen atoms in total. The van der Waals surface area contributed by atoms with Crippen LogP contribution in [0.4, 0.5) is 0 Å². The predicted octanol–water partition coefficient (Wildman–Crippen LogP) is 1.92. The van der Waals surface area contributed by atoms with E-state index in [1.165, 1.54) is 0 Å². The summed E-state index contributed by atoms with van der Waals surface area (Å²) in [4.78, 5) is 20.9. The lowest BCUT2D eigenvalue weighted by Gasteiger charge is -2.05. The average Bonchev–Trinajstić information content (AvgIpc) is 2.35. The quantitative estimate of drug-likeness (QED) is 0.299. The summed E-state index contributed by atoms with van der Waals surface area (Å²) in [7, 11) is 7.76. The molecular weight excluding hydrogens is 348 g/mol. The van der Waals surface area contributed by atoms with Gasteiger partial charge in [-0.25, -0.2) is 0 Å². The summed E-state index contributed by atoms with van der Waals surface area (Å²) < 4.78 is 0. The number of rotatable bonds is 12. The van der Waals surface area contributed by atoms with E-state index >= 15 is 0 Å². The molecule has 2 unspecified atom stereocenters. The van der Waals surface area contributed by atoms with Crippen LogP contribution >= 0.6 is 51.1 Å². The van der Waals surface area contributed by atoms with Gasteiger partial charge in [0.1, 0.15) is 12.1 Å². The molecule has 0 aromatic carbocycles. The molecule has 0 radical (unpaired) electrons. The monoisotopic (exact) mass is 364 g/mol. The summed E-state index contributed by atoms with van der Waals surface area (Å²) in [5.74, 6) is -0.587. The van der Waals surface area contributed by atoms with E-state index in [2.05, 4.69) is 0 Å². The summed E-state index contributed by atoms with van der Waals surface area (Å²) in [6, 6.07) is -1.59. The van der Waals surface area contributed by atoms with E-state index < -0.39 is 24.0 Å². The molecule has 0 rings (SSSR count).